The van der Waals surface area contributed by atoms with E-state index in [4.69, 9.17) is 0 Å². The van der Waals surface area contributed by atoms with Crippen LogP contribution >= 0.6 is 11.8 Å². The lowest BCUT2D eigenvalue weighted by Gasteiger charge is -2.37. The molecule has 0 aromatic heterocycles. The van der Waals surface area contributed by atoms with Gasteiger partial charge in [-0.3, -0.25) is 0 Å². The van der Waals surface area contributed by atoms with Crippen molar-refractivity contribution in [3.63, 3.8) is 0 Å². The van der Waals surface area contributed by atoms with Crippen molar-refractivity contribution >= 4 is 23.5 Å². The van der Waals surface area contributed by atoms with Gasteiger partial charge in [0, 0.05) is 22.2 Å². The van der Waals surface area contributed by atoms with E-state index in [0.717, 1.165) is 31.4 Å². The molecule has 2 N–H and O–H groups in total. The molecule has 1 saturated carbocycles. The van der Waals surface area contributed by atoms with E-state index in [-0.39, 0.29) is 24.2 Å². The molecular weight excluding hydrogens is 320 g/mol. The Kier molecular flexibility index (Phi) is 4.72. The average Bonchev–Trinajstić information content (AvgIpc) is 3.16. The Balaban J connectivity index is 1.46. The molecule has 1 aromatic carbocycles. The van der Waals surface area contributed by atoms with E-state index in [1.54, 1.807) is 0 Å². The highest BCUT2D eigenvalue weighted by atomic mass is 32.2. The summed E-state index contributed by atoms with van der Waals surface area (Å²) in [4.78, 5) is 16.0. The first-order chi connectivity index (χ1) is 11.7. The minimum absolute atomic E-state index is 0.00821. The molecule has 0 radical (unpaired) electrons. The number of rotatable bonds is 3. The molecule has 2 saturated heterocycles. The SMILES string of the molecule is O=C(Nc1ccccc1SC1CCCC1)N1[C@H]2CC[C@H]1CC(O)C2. The summed E-state index contributed by atoms with van der Waals surface area (Å²) in [6.07, 6.45) is 8.46. The van der Waals surface area contributed by atoms with Crippen LogP contribution in [0.25, 0.3) is 0 Å². The van der Waals surface area contributed by atoms with Gasteiger partial charge < -0.3 is 15.3 Å². The van der Waals surface area contributed by atoms with E-state index in [0.29, 0.717) is 5.25 Å². The van der Waals surface area contributed by atoms with Gasteiger partial charge >= 0.3 is 6.03 Å². The standard InChI is InChI=1S/C19H26N2O2S/c22-15-11-13-9-10-14(12-15)21(13)19(23)20-17-7-3-4-8-18(17)24-16-5-1-2-6-16/h3-4,7-8,13-16,22H,1-2,5-6,9-12H2,(H,20,23)/t13-,14-/m0/s1. The van der Waals surface area contributed by atoms with Gasteiger partial charge in [0.05, 0.1) is 11.8 Å². The second kappa shape index (κ2) is 6.96. The minimum atomic E-state index is -0.239. The number of thioether (sulfide) groups is 1. The zero-order chi connectivity index (χ0) is 16.5. The van der Waals surface area contributed by atoms with Crippen LogP contribution < -0.4 is 5.32 Å². The first-order valence-corrected chi connectivity index (χ1v) is 10.1. The molecule has 4 rings (SSSR count). The van der Waals surface area contributed by atoms with Gasteiger partial charge in [-0.1, -0.05) is 25.0 Å². The molecule has 5 heteroatoms. The molecule has 2 bridgehead atoms. The summed E-state index contributed by atoms with van der Waals surface area (Å²) < 4.78 is 0. The van der Waals surface area contributed by atoms with Gasteiger partial charge in [-0.05, 0) is 50.7 Å². The van der Waals surface area contributed by atoms with E-state index in [9.17, 15) is 9.90 Å². The summed E-state index contributed by atoms with van der Waals surface area (Å²) in [5.74, 6) is 0. The Labute approximate surface area is 148 Å². The minimum Gasteiger partial charge on any atom is -0.393 e. The number of urea groups is 1. The maximum absolute atomic E-state index is 12.8. The number of hydrogen-bond donors (Lipinski definition) is 2. The Hall–Kier alpha value is -1.20. The third-order valence-electron chi connectivity index (χ3n) is 5.67. The van der Waals surface area contributed by atoms with Crippen molar-refractivity contribution in [2.24, 2.45) is 0 Å². The third kappa shape index (κ3) is 3.29. The Morgan fingerprint density at radius 1 is 1.08 bits per heavy atom. The van der Waals surface area contributed by atoms with Crippen LogP contribution in [0, 0.1) is 0 Å². The molecule has 2 heterocycles. The molecular formula is C19H26N2O2S. The summed E-state index contributed by atoms with van der Waals surface area (Å²) in [7, 11) is 0. The number of hydrogen-bond acceptors (Lipinski definition) is 3. The van der Waals surface area contributed by atoms with Crippen LogP contribution in [0.3, 0.4) is 0 Å². The zero-order valence-corrected chi connectivity index (χ0v) is 14.8. The molecule has 2 aliphatic heterocycles. The highest BCUT2D eigenvalue weighted by Crippen LogP contribution is 2.39. The summed E-state index contributed by atoms with van der Waals surface area (Å²) >= 11 is 1.91. The van der Waals surface area contributed by atoms with Gasteiger partial charge in [-0.2, -0.15) is 0 Å². The lowest BCUT2D eigenvalue weighted by Crippen LogP contribution is -2.49. The average molecular weight is 346 g/mol. The first-order valence-electron chi connectivity index (χ1n) is 9.24. The molecule has 130 valence electrons. The molecule has 3 fully saturated rings. The van der Waals surface area contributed by atoms with Crippen LogP contribution in [-0.2, 0) is 0 Å². The van der Waals surface area contributed by atoms with Crippen molar-refractivity contribution in [3.8, 4) is 0 Å². The maximum atomic E-state index is 12.8. The normalized spacial score (nSPS) is 29.9. The summed E-state index contributed by atoms with van der Waals surface area (Å²) in [5, 5.41) is 13.8. The molecule has 24 heavy (non-hydrogen) atoms. The van der Waals surface area contributed by atoms with Crippen LogP contribution in [0.1, 0.15) is 51.4 Å². The molecule has 0 unspecified atom stereocenters. The quantitative estimate of drug-likeness (QED) is 0.861. The fourth-order valence-corrected chi connectivity index (χ4v) is 5.85. The van der Waals surface area contributed by atoms with Gasteiger partial charge in [0.1, 0.15) is 0 Å². The molecule has 1 aliphatic carbocycles. The Bertz CT molecular complexity index is 589. The van der Waals surface area contributed by atoms with Crippen LogP contribution in [0.4, 0.5) is 10.5 Å². The third-order valence-corrected chi connectivity index (χ3v) is 7.08. The lowest BCUT2D eigenvalue weighted by atomic mass is 10.0. The fourth-order valence-electron chi connectivity index (χ4n) is 4.52. The van der Waals surface area contributed by atoms with Gasteiger partial charge in [0.2, 0.25) is 0 Å². The van der Waals surface area contributed by atoms with Crippen LogP contribution in [0.5, 0.6) is 0 Å². The fraction of sp³-hybridized carbons (Fsp3) is 0.632. The number of aliphatic hydroxyl groups is 1. The van der Waals surface area contributed by atoms with Gasteiger partial charge in [0.25, 0.3) is 0 Å². The number of carbonyl (C=O) groups is 1. The van der Waals surface area contributed by atoms with Crippen molar-refractivity contribution in [3.05, 3.63) is 24.3 Å². The number of aliphatic hydroxyl groups excluding tert-OH is 1. The van der Waals surface area contributed by atoms with Crippen molar-refractivity contribution in [2.75, 3.05) is 5.32 Å². The van der Waals surface area contributed by atoms with Crippen LogP contribution in [-0.4, -0.2) is 39.5 Å². The van der Waals surface area contributed by atoms with E-state index in [2.05, 4.69) is 11.4 Å². The van der Waals surface area contributed by atoms with E-state index >= 15 is 0 Å². The van der Waals surface area contributed by atoms with E-state index in [1.165, 1.54) is 30.6 Å². The Morgan fingerprint density at radius 3 is 2.46 bits per heavy atom. The number of nitrogens with one attached hydrogen (secondary N) is 1. The van der Waals surface area contributed by atoms with Crippen LogP contribution in [0.2, 0.25) is 0 Å². The number of anilines is 1. The molecule has 0 spiro atoms. The number of fused-ring (bicyclic) bond motifs is 2. The number of amides is 2. The first kappa shape index (κ1) is 16.3. The van der Waals surface area contributed by atoms with Gasteiger partial charge in [-0.25, -0.2) is 4.79 Å². The summed E-state index contributed by atoms with van der Waals surface area (Å²) in [5.41, 5.74) is 0.935. The van der Waals surface area contributed by atoms with E-state index in [1.807, 2.05) is 34.9 Å². The number of piperidine rings is 1. The Morgan fingerprint density at radius 2 is 1.75 bits per heavy atom. The topological polar surface area (TPSA) is 52.6 Å². The molecule has 2 atom stereocenters. The lowest BCUT2D eigenvalue weighted by molar-refractivity contribution is 0.0580. The number of benzene rings is 1. The smallest absolute Gasteiger partial charge is 0.322 e. The maximum Gasteiger partial charge on any atom is 0.322 e. The highest BCUT2D eigenvalue weighted by Gasteiger charge is 2.42. The van der Waals surface area contributed by atoms with E-state index < -0.39 is 0 Å². The van der Waals surface area contributed by atoms with Crippen molar-refractivity contribution < 1.29 is 9.90 Å². The second-order valence-electron chi connectivity index (χ2n) is 7.37. The largest absolute Gasteiger partial charge is 0.393 e. The molecule has 3 aliphatic rings. The number of nitrogens with zero attached hydrogens (tertiary/aromatic N) is 1. The number of para-hydroxylation sites is 1. The zero-order valence-electron chi connectivity index (χ0n) is 14.0. The predicted octanol–water partition coefficient (Wildman–Crippen LogP) is 4.24. The van der Waals surface area contributed by atoms with Crippen molar-refractivity contribution in [1.82, 2.24) is 4.90 Å². The molecule has 1 aromatic rings. The molecule has 4 nitrogen and oxygen atoms in total. The van der Waals surface area contributed by atoms with Crippen molar-refractivity contribution in [2.45, 2.75) is 79.7 Å². The monoisotopic (exact) mass is 346 g/mol. The van der Waals surface area contributed by atoms with Crippen LogP contribution in [0.15, 0.2) is 29.2 Å². The number of carbonyl (C=O) groups excluding carboxylic acids is 1. The summed E-state index contributed by atoms with van der Waals surface area (Å²) in [6, 6.07) is 8.58. The molecule has 2 amide bonds. The van der Waals surface area contributed by atoms with Gasteiger partial charge in [0.15, 0.2) is 0 Å². The van der Waals surface area contributed by atoms with Gasteiger partial charge in [-0.15, -0.1) is 11.8 Å². The second-order valence-corrected chi connectivity index (χ2v) is 8.71. The highest BCUT2D eigenvalue weighted by molar-refractivity contribution is 8.00. The summed E-state index contributed by atoms with van der Waals surface area (Å²) in [6.45, 7) is 0. The van der Waals surface area contributed by atoms with Crippen molar-refractivity contribution in [1.29, 1.82) is 0 Å². The predicted molar refractivity (Wildman–Crippen MR) is 97.5 cm³/mol.